The second-order valence-electron chi connectivity index (χ2n) is 4.68. The third-order valence-corrected chi connectivity index (χ3v) is 2.92. The second-order valence-corrected chi connectivity index (χ2v) is 4.68. The molecule has 1 fully saturated rings. The number of amides is 2. The molecule has 8 heteroatoms. The van der Waals surface area contributed by atoms with Crippen LogP contribution in [0.2, 0.25) is 0 Å². The van der Waals surface area contributed by atoms with Gasteiger partial charge in [-0.15, -0.1) is 0 Å². The van der Waals surface area contributed by atoms with E-state index in [-0.39, 0.29) is 44.9 Å². The first kappa shape index (κ1) is 16.1. The number of hydrogen-bond donors (Lipinski definition) is 2. The van der Waals surface area contributed by atoms with Crippen LogP contribution in [0, 0.1) is 5.92 Å². The molecule has 0 bridgehead atoms. The SMILES string of the molecule is CC(CC(=O)O)NC(=O)C1COCCN(C(=O)C=O)C1. The number of hydrogen-bond acceptors (Lipinski definition) is 5. The van der Waals surface area contributed by atoms with Crippen molar-refractivity contribution in [3.63, 3.8) is 0 Å². The number of carboxylic acids is 1. The van der Waals surface area contributed by atoms with Gasteiger partial charge in [0.1, 0.15) is 0 Å². The maximum Gasteiger partial charge on any atom is 0.305 e. The zero-order chi connectivity index (χ0) is 15.1. The van der Waals surface area contributed by atoms with Gasteiger partial charge in [-0.05, 0) is 6.92 Å². The van der Waals surface area contributed by atoms with Crippen LogP contribution < -0.4 is 5.32 Å². The Bertz CT molecular complexity index is 397. The summed E-state index contributed by atoms with van der Waals surface area (Å²) in [6.45, 7) is 2.31. The molecule has 0 saturated carbocycles. The summed E-state index contributed by atoms with van der Waals surface area (Å²) >= 11 is 0. The topological polar surface area (TPSA) is 113 Å². The van der Waals surface area contributed by atoms with Crippen molar-refractivity contribution < 1.29 is 29.0 Å². The van der Waals surface area contributed by atoms with E-state index in [2.05, 4.69) is 5.32 Å². The minimum Gasteiger partial charge on any atom is -0.481 e. The van der Waals surface area contributed by atoms with E-state index in [1.807, 2.05) is 0 Å². The number of carbonyl (C=O) groups excluding carboxylic acids is 3. The van der Waals surface area contributed by atoms with E-state index in [1.165, 1.54) is 4.90 Å². The van der Waals surface area contributed by atoms with Crippen molar-refractivity contribution in [2.24, 2.45) is 5.92 Å². The van der Waals surface area contributed by atoms with Gasteiger partial charge in [-0.2, -0.15) is 0 Å². The van der Waals surface area contributed by atoms with Gasteiger partial charge in [-0.25, -0.2) is 0 Å². The van der Waals surface area contributed by atoms with Gasteiger partial charge in [-0.1, -0.05) is 0 Å². The fourth-order valence-electron chi connectivity index (χ4n) is 1.92. The molecule has 8 nitrogen and oxygen atoms in total. The Labute approximate surface area is 116 Å². The Hall–Kier alpha value is -1.96. The van der Waals surface area contributed by atoms with Crippen molar-refractivity contribution in [1.29, 1.82) is 0 Å². The summed E-state index contributed by atoms with van der Waals surface area (Å²) in [5.41, 5.74) is 0. The highest BCUT2D eigenvalue weighted by molar-refractivity contribution is 6.23. The molecule has 0 aromatic carbocycles. The van der Waals surface area contributed by atoms with E-state index in [9.17, 15) is 19.2 Å². The lowest BCUT2D eigenvalue weighted by Crippen LogP contribution is -2.45. The number of nitrogens with zero attached hydrogens (tertiary/aromatic N) is 1. The van der Waals surface area contributed by atoms with E-state index in [1.54, 1.807) is 6.92 Å². The van der Waals surface area contributed by atoms with Crippen molar-refractivity contribution >= 4 is 24.1 Å². The van der Waals surface area contributed by atoms with Crippen molar-refractivity contribution in [3.8, 4) is 0 Å². The Kier molecular flexibility index (Phi) is 6.10. The average molecular weight is 286 g/mol. The Morgan fingerprint density at radius 3 is 2.80 bits per heavy atom. The number of aldehydes is 1. The Morgan fingerprint density at radius 2 is 2.20 bits per heavy atom. The van der Waals surface area contributed by atoms with Crippen LogP contribution in [0.25, 0.3) is 0 Å². The smallest absolute Gasteiger partial charge is 0.305 e. The maximum absolute atomic E-state index is 12.0. The molecule has 1 rings (SSSR count). The quantitative estimate of drug-likeness (QED) is 0.477. The molecule has 1 heterocycles. The standard InChI is InChI=1S/C12H18N2O6/c1-8(4-11(17)18)13-12(19)9-5-14(10(16)6-15)2-3-20-7-9/h6,8-9H,2-5,7H2,1H3,(H,13,19)(H,17,18). The average Bonchev–Trinajstić information content (AvgIpc) is 2.62. The highest BCUT2D eigenvalue weighted by Crippen LogP contribution is 2.08. The van der Waals surface area contributed by atoms with Gasteiger partial charge in [0, 0.05) is 19.1 Å². The number of rotatable bonds is 5. The third kappa shape index (κ3) is 4.96. The predicted molar refractivity (Wildman–Crippen MR) is 66.8 cm³/mol. The number of nitrogens with one attached hydrogen (secondary N) is 1. The van der Waals surface area contributed by atoms with Crippen LogP contribution in [-0.2, 0) is 23.9 Å². The molecule has 0 radical (unpaired) electrons. The summed E-state index contributed by atoms with van der Waals surface area (Å²) in [5, 5.41) is 11.2. The van der Waals surface area contributed by atoms with Crippen LogP contribution in [0.15, 0.2) is 0 Å². The van der Waals surface area contributed by atoms with Crippen molar-refractivity contribution in [2.45, 2.75) is 19.4 Å². The first-order valence-corrected chi connectivity index (χ1v) is 6.28. The van der Waals surface area contributed by atoms with Crippen LogP contribution in [0.3, 0.4) is 0 Å². The predicted octanol–water partition coefficient (Wildman–Crippen LogP) is -1.36. The van der Waals surface area contributed by atoms with E-state index >= 15 is 0 Å². The van der Waals surface area contributed by atoms with E-state index < -0.39 is 23.8 Å². The van der Waals surface area contributed by atoms with Gasteiger partial charge < -0.3 is 20.1 Å². The number of aliphatic carboxylic acids is 1. The lowest BCUT2D eigenvalue weighted by molar-refractivity contribution is -0.139. The third-order valence-electron chi connectivity index (χ3n) is 2.92. The minimum absolute atomic E-state index is 0.0865. The highest BCUT2D eigenvalue weighted by Gasteiger charge is 2.28. The van der Waals surface area contributed by atoms with Crippen LogP contribution >= 0.6 is 0 Å². The van der Waals surface area contributed by atoms with Crippen molar-refractivity contribution in [1.82, 2.24) is 10.2 Å². The molecule has 2 atom stereocenters. The van der Waals surface area contributed by atoms with Crippen LogP contribution in [0.4, 0.5) is 0 Å². The highest BCUT2D eigenvalue weighted by atomic mass is 16.5. The lowest BCUT2D eigenvalue weighted by atomic mass is 10.1. The van der Waals surface area contributed by atoms with E-state index in [4.69, 9.17) is 9.84 Å². The molecule has 1 aliphatic heterocycles. The van der Waals surface area contributed by atoms with E-state index in [0.29, 0.717) is 0 Å². The molecule has 0 aromatic rings. The monoisotopic (exact) mass is 286 g/mol. The molecule has 2 amide bonds. The summed E-state index contributed by atoms with van der Waals surface area (Å²) in [4.78, 5) is 45.6. The molecule has 2 N–H and O–H groups in total. The van der Waals surface area contributed by atoms with Crippen LogP contribution in [0.5, 0.6) is 0 Å². The van der Waals surface area contributed by atoms with Crippen LogP contribution in [0.1, 0.15) is 13.3 Å². The van der Waals surface area contributed by atoms with Gasteiger partial charge in [0.25, 0.3) is 5.91 Å². The molecule has 2 unspecified atom stereocenters. The fraction of sp³-hybridized carbons (Fsp3) is 0.667. The van der Waals surface area contributed by atoms with Gasteiger partial charge in [0.2, 0.25) is 12.2 Å². The molecule has 0 aliphatic carbocycles. The normalized spacial score (nSPS) is 20.6. The molecule has 0 aromatic heterocycles. The molecule has 20 heavy (non-hydrogen) atoms. The molecular weight excluding hydrogens is 268 g/mol. The molecule has 112 valence electrons. The van der Waals surface area contributed by atoms with Gasteiger partial charge >= 0.3 is 5.97 Å². The van der Waals surface area contributed by atoms with Crippen LogP contribution in [-0.4, -0.2) is 66.4 Å². The zero-order valence-corrected chi connectivity index (χ0v) is 11.2. The van der Waals surface area contributed by atoms with Gasteiger partial charge in [-0.3, -0.25) is 19.2 Å². The maximum atomic E-state index is 12.0. The van der Waals surface area contributed by atoms with Gasteiger partial charge in [0.15, 0.2) is 0 Å². The summed E-state index contributed by atoms with van der Waals surface area (Å²) in [6, 6.07) is -0.515. The number of ether oxygens (including phenoxy) is 1. The minimum atomic E-state index is -1.01. The molecule has 0 spiro atoms. The van der Waals surface area contributed by atoms with E-state index in [0.717, 1.165) is 0 Å². The molecule has 1 saturated heterocycles. The largest absolute Gasteiger partial charge is 0.481 e. The van der Waals surface area contributed by atoms with Crippen molar-refractivity contribution in [2.75, 3.05) is 26.3 Å². The number of carbonyl (C=O) groups is 4. The zero-order valence-electron chi connectivity index (χ0n) is 11.2. The Balaban J connectivity index is 2.59. The second kappa shape index (κ2) is 7.59. The summed E-state index contributed by atoms with van der Waals surface area (Å²) in [5.74, 6) is -2.69. The summed E-state index contributed by atoms with van der Waals surface area (Å²) < 4.78 is 5.23. The van der Waals surface area contributed by atoms with Crippen molar-refractivity contribution in [3.05, 3.63) is 0 Å². The first-order valence-electron chi connectivity index (χ1n) is 6.28. The molecule has 1 aliphatic rings. The Morgan fingerprint density at radius 1 is 1.50 bits per heavy atom. The lowest BCUT2D eigenvalue weighted by Gasteiger charge is -2.22. The summed E-state index contributed by atoms with van der Waals surface area (Å²) in [7, 11) is 0. The summed E-state index contributed by atoms with van der Waals surface area (Å²) in [6.07, 6.45) is 0.0175. The first-order chi connectivity index (χ1) is 9.43. The fourth-order valence-corrected chi connectivity index (χ4v) is 1.92. The van der Waals surface area contributed by atoms with Gasteiger partial charge in [0.05, 0.1) is 25.6 Å². The molecular formula is C12H18N2O6. The number of carboxylic acid groups (broad SMARTS) is 1.